The number of aromatic nitrogens is 2. The van der Waals surface area contributed by atoms with E-state index < -0.39 is 4.92 Å². The third-order valence-electron chi connectivity index (χ3n) is 3.57. The average molecular weight is 312 g/mol. The molecule has 0 aliphatic carbocycles. The lowest BCUT2D eigenvalue weighted by Crippen LogP contribution is -2.03. The van der Waals surface area contributed by atoms with Gasteiger partial charge in [-0.25, -0.2) is 0 Å². The molecule has 4 rings (SSSR count). The Balaban J connectivity index is 1.63. The zero-order valence-corrected chi connectivity index (χ0v) is 11.9. The molecule has 0 radical (unpaired) electrons. The molecule has 0 spiro atoms. The van der Waals surface area contributed by atoms with Gasteiger partial charge in [-0.15, -0.1) is 0 Å². The van der Waals surface area contributed by atoms with Gasteiger partial charge in [-0.2, -0.15) is 9.38 Å². The van der Waals surface area contributed by atoms with E-state index in [-0.39, 0.29) is 18.4 Å². The molecule has 23 heavy (non-hydrogen) atoms. The fourth-order valence-corrected chi connectivity index (χ4v) is 2.51. The van der Waals surface area contributed by atoms with Crippen molar-refractivity contribution in [2.45, 2.75) is 6.54 Å². The molecule has 0 bridgehead atoms. The topological polar surface area (TPSA) is 90.9 Å². The minimum absolute atomic E-state index is 0.0821. The number of anilines is 1. The van der Waals surface area contributed by atoms with E-state index in [4.69, 9.17) is 9.47 Å². The van der Waals surface area contributed by atoms with Gasteiger partial charge in [0.15, 0.2) is 11.5 Å². The minimum Gasteiger partial charge on any atom is -0.454 e. The van der Waals surface area contributed by atoms with E-state index in [0.717, 1.165) is 5.56 Å². The lowest BCUT2D eigenvalue weighted by molar-refractivity contribution is -0.389. The normalized spacial score (nSPS) is 12.5. The summed E-state index contributed by atoms with van der Waals surface area (Å²) < 4.78 is 12.0. The van der Waals surface area contributed by atoms with Crippen LogP contribution in [0.5, 0.6) is 11.5 Å². The second-order valence-corrected chi connectivity index (χ2v) is 5.01. The number of rotatable bonds is 4. The molecule has 0 saturated carbocycles. The maximum atomic E-state index is 11.3. The molecule has 8 heteroatoms. The summed E-state index contributed by atoms with van der Waals surface area (Å²) >= 11 is 0. The molecule has 1 aromatic carbocycles. The van der Waals surface area contributed by atoms with Crippen molar-refractivity contribution < 1.29 is 14.4 Å². The van der Waals surface area contributed by atoms with Gasteiger partial charge in [0.05, 0.1) is 6.20 Å². The Kier molecular flexibility index (Phi) is 3.00. The predicted molar refractivity (Wildman–Crippen MR) is 81.7 cm³/mol. The SMILES string of the molecule is O=[N+]([O-])c1c(NCc2ccc3c(c2)OCO3)nc2ccccn12. The van der Waals surface area contributed by atoms with Crippen molar-refractivity contribution in [2.75, 3.05) is 12.1 Å². The standard InChI is InChI=1S/C15H12N4O4/c20-19(21)15-14(17-13-3-1-2-6-18(13)15)16-8-10-4-5-11-12(7-10)23-9-22-11/h1-7,16H,8-9H2. The maximum Gasteiger partial charge on any atom is 0.372 e. The Morgan fingerprint density at radius 2 is 2.13 bits per heavy atom. The van der Waals surface area contributed by atoms with Gasteiger partial charge in [0, 0.05) is 12.6 Å². The summed E-state index contributed by atoms with van der Waals surface area (Å²) in [6.07, 6.45) is 1.62. The fourth-order valence-electron chi connectivity index (χ4n) is 2.51. The average Bonchev–Trinajstić information content (AvgIpc) is 3.16. The molecule has 0 saturated heterocycles. The summed E-state index contributed by atoms with van der Waals surface area (Å²) in [5, 5.41) is 14.4. The molecule has 1 N–H and O–H groups in total. The van der Waals surface area contributed by atoms with Crippen molar-refractivity contribution in [1.82, 2.24) is 9.38 Å². The molecule has 3 aromatic rings. The Bertz CT molecular complexity index is 906. The van der Waals surface area contributed by atoms with E-state index in [1.54, 1.807) is 24.4 Å². The molecule has 0 amide bonds. The highest BCUT2D eigenvalue weighted by atomic mass is 16.7. The number of nitro groups is 1. The number of benzene rings is 1. The third-order valence-corrected chi connectivity index (χ3v) is 3.57. The van der Waals surface area contributed by atoms with Gasteiger partial charge in [0.2, 0.25) is 18.3 Å². The van der Waals surface area contributed by atoms with Crippen LogP contribution in [-0.4, -0.2) is 21.1 Å². The van der Waals surface area contributed by atoms with Crippen molar-refractivity contribution in [2.24, 2.45) is 0 Å². The predicted octanol–water partition coefficient (Wildman–Crippen LogP) is 2.58. The summed E-state index contributed by atoms with van der Waals surface area (Å²) in [6, 6.07) is 10.8. The van der Waals surface area contributed by atoms with E-state index in [1.807, 2.05) is 18.2 Å². The van der Waals surface area contributed by atoms with Crippen LogP contribution in [0.15, 0.2) is 42.6 Å². The first-order valence-electron chi connectivity index (χ1n) is 6.96. The molecule has 8 nitrogen and oxygen atoms in total. The monoisotopic (exact) mass is 312 g/mol. The van der Waals surface area contributed by atoms with Gasteiger partial charge in [-0.1, -0.05) is 12.1 Å². The second kappa shape index (κ2) is 5.16. The van der Waals surface area contributed by atoms with Crippen molar-refractivity contribution in [3.05, 3.63) is 58.3 Å². The van der Waals surface area contributed by atoms with E-state index in [9.17, 15) is 10.1 Å². The number of ether oxygens (including phenoxy) is 2. The molecule has 2 aromatic heterocycles. The van der Waals surface area contributed by atoms with Gasteiger partial charge >= 0.3 is 5.82 Å². The van der Waals surface area contributed by atoms with Crippen LogP contribution in [0.25, 0.3) is 5.65 Å². The Morgan fingerprint density at radius 1 is 1.26 bits per heavy atom. The summed E-state index contributed by atoms with van der Waals surface area (Å²) in [7, 11) is 0. The highest BCUT2D eigenvalue weighted by Crippen LogP contribution is 2.33. The van der Waals surface area contributed by atoms with Crippen LogP contribution in [-0.2, 0) is 6.54 Å². The zero-order chi connectivity index (χ0) is 15.8. The lowest BCUT2D eigenvalue weighted by Gasteiger charge is -2.05. The smallest absolute Gasteiger partial charge is 0.372 e. The molecule has 116 valence electrons. The number of pyridine rings is 1. The molecular weight excluding hydrogens is 300 g/mol. The van der Waals surface area contributed by atoms with Crippen LogP contribution in [0.1, 0.15) is 5.56 Å². The third kappa shape index (κ3) is 2.30. The lowest BCUT2D eigenvalue weighted by atomic mass is 10.2. The molecule has 1 aliphatic heterocycles. The number of nitrogens with zero attached hydrogens (tertiary/aromatic N) is 3. The molecule has 3 heterocycles. The summed E-state index contributed by atoms with van der Waals surface area (Å²) in [5.41, 5.74) is 1.44. The van der Waals surface area contributed by atoms with Crippen LogP contribution < -0.4 is 14.8 Å². The zero-order valence-electron chi connectivity index (χ0n) is 11.9. The van der Waals surface area contributed by atoms with Gasteiger partial charge in [-0.05, 0) is 28.7 Å². The summed E-state index contributed by atoms with van der Waals surface area (Å²) in [5.74, 6) is 1.53. The van der Waals surface area contributed by atoms with E-state index >= 15 is 0 Å². The first-order valence-corrected chi connectivity index (χ1v) is 6.96. The Labute approximate surface area is 130 Å². The number of fused-ring (bicyclic) bond motifs is 2. The van der Waals surface area contributed by atoms with E-state index in [0.29, 0.717) is 23.7 Å². The van der Waals surface area contributed by atoms with Crippen LogP contribution >= 0.6 is 0 Å². The Morgan fingerprint density at radius 3 is 3.00 bits per heavy atom. The van der Waals surface area contributed by atoms with Gasteiger partial charge < -0.3 is 24.9 Å². The number of imidazole rings is 1. The van der Waals surface area contributed by atoms with Crippen LogP contribution in [0, 0.1) is 10.1 Å². The highest BCUT2D eigenvalue weighted by Gasteiger charge is 2.22. The van der Waals surface area contributed by atoms with Gasteiger partial charge in [0.1, 0.15) is 0 Å². The second-order valence-electron chi connectivity index (χ2n) is 5.01. The Hall–Kier alpha value is -3.29. The molecule has 0 unspecified atom stereocenters. The summed E-state index contributed by atoms with van der Waals surface area (Å²) in [4.78, 5) is 15.2. The van der Waals surface area contributed by atoms with E-state index in [2.05, 4.69) is 10.3 Å². The number of nitrogens with one attached hydrogen (secondary N) is 1. The fraction of sp³-hybridized carbons (Fsp3) is 0.133. The molecular formula is C15H12N4O4. The number of hydrogen-bond acceptors (Lipinski definition) is 6. The maximum absolute atomic E-state index is 11.3. The van der Waals surface area contributed by atoms with Crippen molar-refractivity contribution in [1.29, 1.82) is 0 Å². The largest absolute Gasteiger partial charge is 0.454 e. The molecule has 0 atom stereocenters. The molecule has 0 fully saturated rings. The van der Waals surface area contributed by atoms with Crippen LogP contribution in [0.4, 0.5) is 11.6 Å². The van der Waals surface area contributed by atoms with Crippen LogP contribution in [0.3, 0.4) is 0 Å². The summed E-state index contributed by atoms with van der Waals surface area (Å²) in [6.45, 7) is 0.603. The van der Waals surface area contributed by atoms with Gasteiger partial charge in [0.25, 0.3) is 0 Å². The van der Waals surface area contributed by atoms with Crippen molar-refractivity contribution in [3.8, 4) is 11.5 Å². The minimum atomic E-state index is -0.442. The van der Waals surface area contributed by atoms with Gasteiger partial charge in [-0.3, -0.25) is 0 Å². The van der Waals surface area contributed by atoms with Crippen molar-refractivity contribution in [3.63, 3.8) is 0 Å². The van der Waals surface area contributed by atoms with Crippen molar-refractivity contribution >= 4 is 17.3 Å². The first kappa shape index (κ1) is 13.4. The van der Waals surface area contributed by atoms with E-state index in [1.165, 1.54) is 4.40 Å². The highest BCUT2D eigenvalue weighted by molar-refractivity contribution is 5.62. The number of hydrogen-bond donors (Lipinski definition) is 1. The van der Waals surface area contributed by atoms with Crippen LogP contribution in [0.2, 0.25) is 0 Å². The quantitative estimate of drug-likeness (QED) is 0.588. The first-order chi connectivity index (χ1) is 11.2. The molecule has 1 aliphatic rings.